The Balaban J connectivity index is 1.49. The number of likely N-dealkylation sites (N-methyl/N-ethyl adjacent to an activating group) is 2. The number of rotatable bonds is 8. The molecule has 0 aliphatic rings. The fourth-order valence-corrected chi connectivity index (χ4v) is 4.17. The van der Waals surface area contributed by atoms with Crippen LogP contribution in [0, 0.1) is 0 Å². The van der Waals surface area contributed by atoms with Crippen LogP contribution in [0.1, 0.15) is 11.1 Å². The molecule has 2 aromatic heterocycles. The van der Waals surface area contributed by atoms with E-state index in [2.05, 4.69) is 31.2 Å². The summed E-state index contributed by atoms with van der Waals surface area (Å²) in [5, 5.41) is 12.6. The summed E-state index contributed by atoms with van der Waals surface area (Å²) in [6, 6.07) is 13.3. The van der Waals surface area contributed by atoms with Crippen LogP contribution in [0.5, 0.6) is 0 Å². The first kappa shape index (κ1) is 22.9. The number of hydrogen-bond donors (Lipinski definition) is 6. The Kier molecular flexibility index (Phi) is 6.82. The summed E-state index contributed by atoms with van der Waals surface area (Å²) in [6.07, 6.45) is 4.27. The van der Waals surface area contributed by atoms with Crippen LogP contribution < -0.4 is 21.3 Å². The minimum absolute atomic E-state index is 0.296. The van der Waals surface area contributed by atoms with Gasteiger partial charge in [0, 0.05) is 61.1 Å². The molecule has 34 heavy (non-hydrogen) atoms. The topological polar surface area (TPSA) is 131 Å². The SMILES string of the molecule is CNC(=O)[C@H](Cc1c[nH]c2ccccc12)NC(=O)N[C@H](Cc1c[nH]c2ccccc12)C(=O)NC. The average Bonchev–Trinajstić information content (AvgIpc) is 3.46. The number of benzene rings is 2. The molecule has 6 N–H and O–H groups in total. The molecular formula is C25H28N6O3. The van der Waals surface area contributed by atoms with Gasteiger partial charge in [-0.2, -0.15) is 0 Å². The van der Waals surface area contributed by atoms with Crippen molar-refractivity contribution in [2.75, 3.05) is 14.1 Å². The zero-order valence-corrected chi connectivity index (χ0v) is 19.1. The van der Waals surface area contributed by atoms with Crippen molar-refractivity contribution < 1.29 is 14.4 Å². The maximum Gasteiger partial charge on any atom is 0.316 e. The van der Waals surface area contributed by atoms with Crippen molar-refractivity contribution in [3.63, 3.8) is 0 Å². The highest BCUT2D eigenvalue weighted by Gasteiger charge is 2.26. The van der Waals surface area contributed by atoms with Gasteiger partial charge < -0.3 is 31.2 Å². The molecule has 0 fully saturated rings. The van der Waals surface area contributed by atoms with Crippen LogP contribution in [-0.2, 0) is 22.4 Å². The van der Waals surface area contributed by atoms with Gasteiger partial charge in [-0.25, -0.2) is 4.79 Å². The van der Waals surface area contributed by atoms with E-state index in [1.807, 2.05) is 60.9 Å². The molecule has 0 saturated carbocycles. The van der Waals surface area contributed by atoms with E-state index in [1.54, 1.807) is 0 Å². The second-order valence-corrected chi connectivity index (χ2v) is 8.08. The predicted octanol–water partition coefficient (Wildman–Crippen LogP) is 1.96. The first-order chi connectivity index (χ1) is 16.5. The Bertz CT molecular complexity index is 1220. The van der Waals surface area contributed by atoms with E-state index in [4.69, 9.17) is 0 Å². The molecule has 4 amide bonds. The van der Waals surface area contributed by atoms with Gasteiger partial charge in [0.05, 0.1) is 0 Å². The van der Waals surface area contributed by atoms with Gasteiger partial charge in [0.25, 0.3) is 0 Å². The summed E-state index contributed by atoms with van der Waals surface area (Å²) in [5.41, 5.74) is 3.73. The molecule has 0 bridgehead atoms. The third kappa shape index (κ3) is 4.88. The Labute approximate surface area is 196 Å². The number of carbonyl (C=O) groups is 3. The Morgan fingerprint density at radius 2 is 1.12 bits per heavy atom. The number of carbonyl (C=O) groups excluding carboxylic acids is 3. The lowest BCUT2D eigenvalue weighted by Crippen LogP contribution is -2.55. The third-order valence-corrected chi connectivity index (χ3v) is 5.93. The molecular weight excluding hydrogens is 432 g/mol. The third-order valence-electron chi connectivity index (χ3n) is 5.93. The lowest BCUT2D eigenvalue weighted by atomic mass is 10.0. The van der Waals surface area contributed by atoms with Crippen molar-refractivity contribution in [3.05, 3.63) is 72.1 Å². The fourth-order valence-electron chi connectivity index (χ4n) is 4.17. The number of aromatic amines is 2. The number of amides is 4. The Morgan fingerprint density at radius 3 is 1.53 bits per heavy atom. The molecule has 176 valence electrons. The van der Waals surface area contributed by atoms with Crippen molar-refractivity contribution in [1.82, 2.24) is 31.2 Å². The molecule has 0 aliphatic carbocycles. The van der Waals surface area contributed by atoms with Crippen LogP contribution in [-0.4, -0.2) is 54.0 Å². The second-order valence-electron chi connectivity index (χ2n) is 8.08. The first-order valence-electron chi connectivity index (χ1n) is 11.1. The monoisotopic (exact) mass is 460 g/mol. The normalized spacial score (nSPS) is 12.8. The van der Waals surface area contributed by atoms with Crippen molar-refractivity contribution in [3.8, 4) is 0 Å². The van der Waals surface area contributed by atoms with Gasteiger partial charge in [0.2, 0.25) is 11.8 Å². The van der Waals surface area contributed by atoms with Crippen molar-refractivity contribution in [1.29, 1.82) is 0 Å². The summed E-state index contributed by atoms with van der Waals surface area (Å²) in [4.78, 5) is 44.3. The van der Waals surface area contributed by atoms with Crippen molar-refractivity contribution >= 4 is 39.7 Å². The van der Waals surface area contributed by atoms with Crippen molar-refractivity contribution in [2.45, 2.75) is 24.9 Å². The minimum Gasteiger partial charge on any atom is -0.361 e. The molecule has 0 saturated heterocycles. The van der Waals surface area contributed by atoms with Gasteiger partial charge in [-0.3, -0.25) is 9.59 Å². The van der Waals surface area contributed by atoms with E-state index in [0.717, 1.165) is 32.9 Å². The standard InChI is InChI=1S/C25H28N6O3/c1-26-23(32)21(11-15-13-28-19-9-5-3-7-17(15)19)30-25(34)31-22(24(33)27-2)12-16-14-29-20-10-6-4-8-18(16)20/h3-10,13-14,21-22,28-29H,11-12H2,1-2H3,(H,26,32)(H,27,33)(H2,30,31,34)/t21-,22+. The van der Waals surface area contributed by atoms with E-state index in [1.165, 1.54) is 14.1 Å². The van der Waals surface area contributed by atoms with Crippen LogP contribution in [0.3, 0.4) is 0 Å². The molecule has 9 heteroatoms. The molecule has 0 radical (unpaired) electrons. The molecule has 0 spiro atoms. The molecule has 4 aromatic rings. The molecule has 0 aliphatic heterocycles. The van der Waals surface area contributed by atoms with Crippen LogP contribution in [0.2, 0.25) is 0 Å². The smallest absolute Gasteiger partial charge is 0.316 e. The number of aromatic nitrogens is 2. The second kappa shape index (κ2) is 10.1. The van der Waals surface area contributed by atoms with E-state index in [0.29, 0.717) is 12.8 Å². The maximum atomic E-state index is 12.9. The van der Waals surface area contributed by atoms with Gasteiger partial charge in [-0.05, 0) is 23.3 Å². The van der Waals surface area contributed by atoms with Crippen LogP contribution >= 0.6 is 0 Å². The zero-order valence-electron chi connectivity index (χ0n) is 19.1. The number of nitrogens with one attached hydrogen (secondary N) is 6. The summed E-state index contributed by atoms with van der Waals surface area (Å²) in [5.74, 6) is -0.651. The summed E-state index contributed by atoms with van der Waals surface area (Å²) in [7, 11) is 3.04. The van der Waals surface area contributed by atoms with Gasteiger partial charge in [-0.1, -0.05) is 36.4 Å². The highest BCUT2D eigenvalue weighted by molar-refractivity contribution is 5.92. The Morgan fingerprint density at radius 1 is 0.706 bits per heavy atom. The van der Waals surface area contributed by atoms with Gasteiger partial charge in [0.15, 0.2) is 0 Å². The largest absolute Gasteiger partial charge is 0.361 e. The number of H-pyrrole nitrogens is 2. The molecule has 9 nitrogen and oxygen atoms in total. The average molecular weight is 461 g/mol. The lowest BCUT2D eigenvalue weighted by molar-refractivity contribution is -0.122. The minimum atomic E-state index is -0.817. The quantitative estimate of drug-likeness (QED) is 0.240. The van der Waals surface area contributed by atoms with E-state index < -0.39 is 18.1 Å². The van der Waals surface area contributed by atoms with Crippen LogP contribution in [0.4, 0.5) is 4.79 Å². The number of urea groups is 1. The number of hydrogen-bond acceptors (Lipinski definition) is 3. The number of para-hydroxylation sites is 2. The molecule has 2 atom stereocenters. The van der Waals surface area contributed by atoms with E-state index in [9.17, 15) is 14.4 Å². The van der Waals surface area contributed by atoms with Crippen LogP contribution in [0.15, 0.2) is 60.9 Å². The fraction of sp³-hybridized carbons (Fsp3) is 0.240. The van der Waals surface area contributed by atoms with Gasteiger partial charge >= 0.3 is 6.03 Å². The van der Waals surface area contributed by atoms with Gasteiger partial charge in [0.1, 0.15) is 12.1 Å². The van der Waals surface area contributed by atoms with Gasteiger partial charge in [-0.15, -0.1) is 0 Å². The number of fused-ring (bicyclic) bond motifs is 2. The lowest BCUT2D eigenvalue weighted by Gasteiger charge is -2.21. The zero-order chi connectivity index (χ0) is 24.1. The maximum absolute atomic E-state index is 12.9. The highest BCUT2D eigenvalue weighted by atomic mass is 16.2. The van der Waals surface area contributed by atoms with Crippen molar-refractivity contribution in [2.24, 2.45) is 0 Å². The Hall–Kier alpha value is -4.27. The molecule has 4 rings (SSSR count). The summed E-state index contributed by atoms with van der Waals surface area (Å²) >= 11 is 0. The molecule has 2 heterocycles. The van der Waals surface area contributed by atoms with Crippen LogP contribution in [0.25, 0.3) is 21.8 Å². The van der Waals surface area contributed by atoms with E-state index in [-0.39, 0.29) is 11.8 Å². The first-order valence-corrected chi connectivity index (χ1v) is 11.1. The highest BCUT2D eigenvalue weighted by Crippen LogP contribution is 2.20. The van der Waals surface area contributed by atoms with E-state index >= 15 is 0 Å². The summed E-state index contributed by atoms with van der Waals surface area (Å²) < 4.78 is 0. The predicted molar refractivity (Wildman–Crippen MR) is 131 cm³/mol. The molecule has 2 aromatic carbocycles. The summed E-state index contributed by atoms with van der Waals surface area (Å²) in [6.45, 7) is 0. The molecule has 0 unspecified atom stereocenters.